The first-order valence-corrected chi connectivity index (χ1v) is 23.8. The van der Waals surface area contributed by atoms with Gasteiger partial charge in [-0.05, 0) is 70.6 Å². The van der Waals surface area contributed by atoms with E-state index in [-0.39, 0.29) is 31.8 Å². The van der Waals surface area contributed by atoms with Gasteiger partial charge in [-0.15, -0.1) is 0 Å². The van der Waals surface area contributed by atoms with Crippen molar-refractivity contribution in [3.05, 3.63) is 24.3 Å². The van der Waals surface area contributed by atoms with Gasteiger partial charge in [-0.25, -0.2) is 0 Å². The maximum absolute atomic E-state index is 12.8. The SMILES string of the molecule is CCCCCCCC/C=C\CCCCCCCC(=O)OCC(CC)(COC(=O)CCCCCCC/C=C\CCCCCCCC)CO[C@H]1O[C@H](CO)[C@@H](O)[C@H](O)[C@H]1O. The summed E-state index contributed by atoms with van der Waals surface area (Å²) in [5.74, 6) is -0.661. The Labute approximate surface area is 353 Å². The van der Waals surface area contributed by atoms with E-state index in [2.05, 4.69) is 38.2 Å². The van der Waals surface area contributed by atoms with Crippen molar-refractivity contribution in [2.75, 3.05) is 26.4 Å². The number of carbonyl (C=O) groups is 2. The molecule has 1 rings (SSSR count). The molecule has 1 aliphatic rings. The van der Waals surface area contributed by atoms with Crippen LogP contribution in [0, 0.1) is 5.41 Å². The Morgan fingerprint density at radius 2 is 0.897 bits per heavy atom. The molecule has 0 aromatic heterocycles. The Balaban J connectivity index is 2.46. The Hall–Kier alpha value is -1.82. The van der Waals surface area contributed by atoms with Crippen LogP contribution in [0.25, 0.3) is 0 Å². The van der Waals surface area contributed by atoms with Gasteiger partial charge < -0.3 is 39.4 Å². The topological polar surface area (TPSA) is 152 Å². The second-order valence-corrected chi connectivity index (χ2v) is 16.9. The summed E-state index contributed by atoms with van der Waals surface area (Å²) in [4.78, 5) is 25.7. The maximum Gasteiger partial charge on any atom is 0.305 e. The summed E-state index contributed by atoms with van der Waals surface area (Å²) in [6.07, 6.45) is 33.7. The number of esters is 2. The molecule has 0 unspecified atom stereocenters. The van der Waals surface area contributed by atoms with E-state index in [4.69, 9.17) is 18.9 Å². The highest BCUT2D eigenvalue weighted by Gasteiger charge is 2.45. The second-order valence-electron chi connectivity index (χ2n) is 16.9. The third-order valence-electron chi connectivity index (χ3n) is 11.5. The smallest absolute Gasteiger partial charge is 0.305 e. The molecule has 4 N–H and O–H groups in total. The quantitative estimate of drug-likeness (QED) is 0.0268. The molecule has 58 heavy (non-hydrogen) atoms. The minimum atomic E-state index is -1.58. The molecular formula is C48H88O10. The van der Waals surface area contributed by atoms with Crippen LogP contribution >= 0.6 is 0 Å². The van der Waals surface area contributed by atoms with E-state index in [0.717, 1.165) is 77.0 Å². The monoisotopic (exact) mass is 825 g/mol. The summed E-state index contributed by atoms with van der Waals surface area (Å²) in [5, 5.41) is 40.6. The van der Waals surface area contributed by atoms with Crippen LogP contribution in [0.15, 0.2) is 24.3 Å². The van der Waals surface area contributed by atoms with E-state index in [1.807, 2.05) is 6.92 Å². The molecule has 1 heterocycles. The summed E-state index contributed by atoms with van der Waals surface area (Å²) in [5.41, 5.74) is -0.935. The molecular weight excluding hydrogens is 737 g/mol. The summed E-state index contributed by atoms with van der Waals surface area (Å²) in [7, 11) is 0. The molecule has 0 aliphatic carbocycles. The van der Waals surface area contributed by atoms with Crippen molar-refractivity contribution in [2.24, 2.45) is 5.41 Å². The van der Waals surface area contributed by atoms with Crippen molar-refractivity contribution >= 4 is 11.9 Å². The molecule has 0 aromatic carbocycles. The maximum atomic E-state index is 12.8. The highest BCUT2D eigenvalue weighted by molar-refractivity contribution is 5.69. The largest absolute Gasteiger partial charge is 0.465 e. The first-order chi connectivity index (χ1) is 28.2. The van der Waals surface area contributed by atoms with Gasteiger partial charge in [-0.3, -0.25) is 9.59 Å². The van der Waals surface area contributed by atoms with Crippen molar-refractivity contribution < 1.29 is 49.0 Å². The van der Waals surface area contributed by atoms with Crippen LogP contribution in [0.1, 0.15) is 207 Å². The van der Waals surface area contributed by atoms with Gasteiger partial charge in [0.25, 0.3) is 0 Å². The molecule has 5 atom stereocenters. The third-order valence-corrected chi connectivity index (χ3v) is 11.5. The number of aliphatic hydroxyl groups is 4. The Kier molecular flexibility index (Phi) is 34.6. The molecule has 0 spiro atoms. The van der Waals surface area contributed by atoms with Gasteiger partial charge in [0.1, 0.15) is 37.6 Å². The molecule has 0 amide bonds. The fourth-order valence-corrected chi connectivity index (χ4v) is 7.19. The van der Waals surface area contributed by atoms with Crippen LogP contribution in [-0.2, 0) is 28.5 Å². The molecule has 0 aromatic rings. The van der Waals surface area contributed by atoms with E-state index in [1.54, 1.807) is 0 Å². The van der Waals surface area contributed by atoms with Gasteiger partial charge >= 0.3 is 11.9 Å². The summed E-state index contributed by atoms with van der Waals surface area (Å²) >= 11 is 0. The highest BCUT2D eigenvalue weighted by Crippen LogP contribution is 2.29. The minimum Gasteiger partial charge on any atom is -0.465 e. The highest BCUT2D eigenvalue weighted by atomic mass is 16.7. The number of allylic oxidation sites excluding steroid dienone is 4. The zero-order valence-corrected chi connectivity index (χ0v) is 37.3. The number of unbranched alkanes of at least 4 members (excludes halogenated alkanes) is 22. The Bertz CT molecular complexity index is 974. The van der Waals surface area contributed by atoms with E-state index in [1.165, 1.54) is 89.9 Å². The van der Waals surface area contributed by atoms with Crippen molar-refractivity contribution in [1.82, 2.24) is 0 Å². The van der Waals surface area contributed by atoms with E-state index >= 15 is 0 Å². The summed E-state index contributed by atoms with van der Waals surface area (Å²) in [6, 6.07) is 0. The molecule has 1 fully saturated rings. The number of hydrogen-bond donors (Lipinski definition) is 4. The zero-order valence-electron chi connectivity index (χ0n) is 37.3. The van der Waals surface area contributed by atoms with Crippen LogP contribution in [0.4, 0.5) is 0 Å². The van der Waals surface area contributed by atoms with Crippen LogP contribution in [0.3, 0.4) is 0 Å². The van der Waals surface area contributed by atoms with Crippen LogP contribution < -0.4 is 0 Å². The lowest BCUT2D eigenvalue weighted by Crippen LogP contribution is -2.59. The number of ether oxygens (including phenoxy) is 4. The molecule has 0 saturated carbocycles. The van der Waals surface area contributed by atoms with Crippen LogP contribution in [0.5, 0.6) is 0 Å². The van der Waals surface area contributed by atoms with Gasteiger partial charge in [0, 0.05) is 12.8 Å². The summed E-state index contributed by atoms with van der Waals surface area (Å²) < 4.78 is 22.9. The van der Waals surface area contributed by atoms with Gasteiger partial charge in [0.15, 0.2) is 6.29 Å². The van der Waals surface area contributed by atoms with Gasteiger partial charge in [0.2, 0.25) is 0 Å². The van der Waals surface area contributed by atoms with Crippen molar-refractivity contribution in [2.45, 2.75) is 238 Å². The lowest BCUT2D eigenvalue weighted by atomic mass is 9.87. The van der Waals surface area contributed by atoms with Crippen molar-refractivity contribution in [1.29, 1.82) is 0 Å². The van der Waals surface area contributed by atoms with E-state index < -0.39 is 42.7 Å². The van der Waals surface area contributed by atoms with Gasteiger partial charge in [0.05, 0.1) is 18.6 Å². The third kappa shape index (κ3) is 27.1. The fraction of sp³-hybridized carbons (Fsp3) is 0.875. The van der Waals surface area contributed by atoms with Gasteiger partial charge in [-0.1, -0.05) is 148 Å². The first-order valence-electron chi connectivity index (χ1n) is 23.8. The molecule has 10 nitrogen and oxygen atoms in total. The second kappa shape index (κ2) is 37.0. The molecule has 10 heteroatoms. The molecule has 0 bridgehead atoms. The lowest BCUT2D eigenvalue weighted by molar-refractivity contribution is -0.308. The van der Waals surface area contributed by atoms with E-state index in [9.17, 15) is 30.0 Å². The standard InChI is InChI=1S/C48H88O10/c1-4-7-9-11-13-15-17-19-21-23-25-27-29-31-33-35-42(50)55-38-48(6-3,40-57-47-46(54)45(53)44(52)41(37-49)58-47)39-56-43(51)36-34-32-30-28-26-24-22-20-18-16-14-12-10-8-5-2/h19-22,41,44-47,49,52-54H,4-18,23-40H2,1-3H3/b21-19-,22-20-/t41-,44-,45+,46-,47+/m1/s1. The lowest BCUT2D eigenvalue weighted by Gasteiger charge is -2.41. The summed E-state index contributed by atoms with van der Waals surface area (Å²) in [6.45, 7) is 5.55. The average Bonchev–Trinajstić information content (AvgIpc) is 3.23. The molecule has 1 saturated heterocycles. The first kappa shape index (κ1) is 54.2. The predicted molar refractivity (Wildman–Crippen MR) is 233 cm³/mol. The molecule has 340 valence electrons. The number of carbonyl (C=O) groups excluding carboxylic acids is 2. The number of aliphatic hydroxyl groups excluding tert-OH is 4. The van der Waals surface area contributed by atoms with Crippen LogP contribution in [0.2, 0.25) is 0 Å². The normalized spacial score (nSPS) is 20.0. The average molecular weight is 825 g/mol. The van der Waals surface area contributed by atoms with E-state index in [0.29, 0.717) is 19.3 Å². The van der Waals surface area contributed by atoms with Crippen LogP contribution in [-0.4, -0.2) is 89.5 Å². The fourth-order valence-electron chi connectivity index (χ4n) is 7.19. The zero-order chi connectivity index (χ0) is 42.5. The number of rotatable bonds is 39. The minimum absolute atomic E-state index is 0.0640. The molecule has 1 aliphatic heterocycles. The Morgan fingerprint density at radius 3 is 1.28 bits per heavy atom. The number of hydrogen-bond acceptors (Lipinski definition) is 10. The molecule has 0 radical (unpaired) electrons. The van der Waals surface area contributed by atoms with Gasteiger partial charge in [-0.2, -0.15) is 0 Å². The van der Waals surface area contributed by atoms with Crippen molar-refractivity contribution in [3.8, 4) is 0 Å². The predicted octanol–water partition coefficient (Wildman–Crippen LogP) is 10.4. The Morgan fingerprint density at radius 1 is 0.517 bits per heavy atom. The van der Waals surface area contributed by atoms with Crippen molar-refractivity contribution in [3.63, 3.8) is 0 Å².